The molecular weight excluding hydrogens is 236 g/mol. The van der Waals surface area contributed by atoms with E-state index in [-0.39, 0.29) is 11.2 Å². The van der Waals surface area contributed by atoms with Crippen molar-refractivity contribution in [2.45, 2.75) is 19.9 Å². The topological polar surface area (TPSA) is 50.4 Å². The average Bonchev–Trinajstić information content (AvgIpc) is 2.30. The van der Waals surface area contributed by atoms with Crippen molar-refractivity contribution < 1.29 is 9.53 Å². The summed E-state index contributed by atoms with van der Waals surface area (Å²) in [6.45, 7) is 4.03. The van der Waals surface area contributed by atoms with Crippen molar-refractivity contribution in [3.63, 3.8) is 0 Å². The van der Waals surface area contributed by atoms with Crippen molar-refractivity contribution in [1.82, 2.24) is 10.6 Å². The van der Waals surface area contributed by atoms with Crippen LogP contribution in [0.5, 0.6) is 0 Å². The van der Waals surface area contributed by atoms with Crippen molar-refractivity contribution in [2.24, 2.45) is 0 Å². The summed E-state index contributed by atoms with van der Waals surface area (Å²) in [6, 6.07) is 9.87. The van der Waals surface area contributed by atoms with E-state index in [4.69, 9.17) is 17.0 Å². The Kier molecular flexibility index (Phi) is 5.42. The van der Waals surface area contributed by atoms with Crippen molar-refractivity contribution in [3.8, 4) is 0 Å². The predicted octanol–water partition coefficient (Wildman–Crippen LogP) is 2.37. The van der Waals surface area contributed by atoms with Gasteiger partial charge in [0.2, 0.25) is 0 Å². The van der Waals surface area contributed by atoms with Crippen LogP contribution in [0.2, 0.25) is 0 Å². The molecular formula is C12H16N2O2S. The highest BCUT2D eigenvalue weighted by molar-refractivity contribution is 7.80. The third-order valence-corrected chi connectivity index (χ3v) is 2.36. The monoisotopic (exact) mass is 252 g/mol. The number of ether oxygens (including phenoxy) is 1. The smallest absolute Gasteiger partial charge is 0.413 e. The Labute approximate surface area is 106 Å². The van der Waals surface area contributed by atoms with Gasteiger partial charge in [-0.25, -0.2) is 4.79 Å². The molecule has 0 aromatic heterocycles. The Morgan fingerprint density at radius 2 is 2.06 bits per heavy atom. The maximum atomic E-state index is 11.1. The average molecular weight is 252 g/mol. The van der Waals surface area contributed by atoms with Crippen LogP contribution in [0, 0.1) is 0 Å². The molecule has 5 heteroatoms. The number of benzene rings is 1. The second-order valence-electron chi connectivity index (χ2n) is 3.45. The quantitative estimate of drug-likeness (QED) is 0.811. The van der Waals surface area contributed by atoms with Crippen molar-refractivity contribution in [1.29, 1.82) is 0 Å². The van der Waals surface area contributed by atoms with E-state index >= 15 is 0 Å². The first-order chi connectivity index (χ1) is 8.13. The van der Waals surface area contributed by atoms with E-state index in [2.05, 4.69) is 10.6 Å². The summed E-state index contributed by atoms with van der Waals surface area (Å²) >= 11 is 5.00. The van der Waals surface area contributed by atoms with Crippen LogP contribution in [0.3, 0.4) is 0 Å². The van der Waals surface area contributed by atoms with Gasteiger partial charge in [-0.1, -0.05) is 30.3 Å². The van der Waals surface area contributed by atoms with Crippen LogP contribution in [-0.2, 0) is 4.74 Å². The van der Waals surface area contributed by atoms with Crippen LogP contribution in [0.1, 0.15) is 25.5 Å². The molecule has 1 aromatic carbocycles. The fourth-order valence-corrected chi connectivity index (χ4v) is 1.58. The van der Waals surface area contributed by atoms with Gasteiger partial charge in [-0.2, -0.15) is 0 Å². The van der Waals surface area contributed by atoms with Gasteiger partial charge >= 0.3 is 6.09 Å². The first-order valence-corrected chi connectivity index (χ1v) is 5.83. The summed E-state index contributed by atoms with van der Waals surface area (Å²) in [5.74, 6) is 0. The maximum Gasteiger partial charge on any atom is 0.413 e. The number of nitrogens with one attached hydrogen (secondary N) is 2. The number of rotatable bonds is 3. The second kappa shape index (κ2) is 6.85. The van der Waals surface area contributed by atoms with Crippen LogP contribution in [0.25, 0.3) is 0 Å². The Bertz CT molecular complexity index is 381. The minimum Gasteiger partial charge on any atom is -0.450 e. The summed E-state index contributed by atoms with van der Waals surface area (Å²) in [5.41, 5.74) is 1.10. The molecule has 0 fully saturated rings. The lowest BCUT2D eigenvalue weighted by atomic mass is 10.1. The molecule has 4 nitrogen and oxygen atoms in total. The molecule has 17 heavy (non-hydrogen) atoms. The zero-order valence-electron chi connectivity index (χ0n) is 9.90. The summed E-state index contributed by atoms with van der Waals surface area (Å²) in [4.78, 5) is 11.1. The molecule has 0 aliphatic heterocycles. The zero-order chi connectivity index (χ0) is 12.7. The van der Waals surface area contributed by atoms with Gasteiger partial charge in [0, 0.05) is 0 Å². The first kappa shape index (κ1) is 13.4. The molecule has 1 unspecified atom stereocenters. The van der Waals surface area contributed by atoms with Crippen LogP contribution < -0.4 is 10.6 Å². The lowest BCUT2D eigenvalue weighted by Gasteiger charge is -2.16. The van der Waals surface area contributed by atoms with Crippen LogP contribution in [0.4, 0.5) is 4.79 Å². The number of carbonyl (C=O) groups is 1. The van der Waals surface area contributed by atoms with E-state index in [1.54, 1.807) is 6.92 Å². The number of carbonyl (C=O) groups excluding carboxylic acids is 1. The Morgan fingerprint density at radius 3 is 2.65 bits per heavy atom. The lowest BCUT2D eigenvalue weighted by molar-refractivity contribution is 0.157. The van der Waals surface area contributed by atoms with Gasteiger partial charge in [-0.3, -0.25) is 5.32 Å². The molecule has 1 rings (SSSR count). The van der Waals surface area contributed by atoms with Gasteiger partial charge in [0.25, 0.3) is 0 Å². The molecule has 0 aliphatic carbocycles. The molecule has 1 atom stereocenters. The van der Waals surface area contributed by atoms with Gasteiger partial charge in [0.15, 0.2) is 5.11 Å². The van der Waals surface area contributed by atoms with Gasteiger partial charge in [0.05, 0.1) is 12.6 Å². The summed E-state index contributed by atoms with van der Waals surface area (Å²) in [7, 11) is 0. The van der Waals surface area contributed by atoms with Crippen LogP contribution >= 0.6 is 12.2 Å². The predicted molar refractivity (Wildman–Crippen MR) is 70.7 cm³/mol. The van der Waals surface area contributed by atoms with E-state index < -0.39 is 6.09 Å². The minimum absolute atomic E-state index is 0.0330. The SMILES string of the molecule is CCOC(=O)NC(=S)NC(C)c1ccccc1. The van der Waals surface area contributed by atoms with Gasteiger partial charge in [-0.15, -0.1) is 0 Å². The largest absolute Gasteiger partial charge is 0.450 e. The highest BCUT2D eigenvalue weighted by atomic mass is 32.1. The molecule has 92 valence electrons. The third-order valence-electron chi connectivity index (χ3n) is 2.14. The summed E-state index contributed by atoms with van der Waals surface area (Å²) < 4.78 is 4.72. The van der Waals surface area contributed by atoms with Crippen LogP contribution in [0.15, 0.2) is 30.3 Å². The maximum absolute atomic E-state index is 11.1. The Balaban J connectivity index is 2.44. The highest BCUT2D eigenvalue weighted by Crippen LogP contribution is 2.10. The van der Waals surface area contributed by atoms with Crippen molar-refractivity contribution in [2.75, 3.05) is 6.61 Å². The van der Waals surface area contributed by atoms with Gasteiger partial charge < -0.3 is 10.1 Å². The number of hydrogen-bond acceptors (Lipinski definition) is 3. The molecule has 0 bridgehead atoms. The van der Waals surface area contributed by atoms with E-state index in [9.17, 15) is 4.79 Å². The fourth-order valence-electron chi connectivity index (χ4n) is 1.32. The van der Waals surface area contributed by atoms with E-state index in [1.165, 1.54) is 0 Å². The summed E-state index contributed by atoms with van der Waals surface area (Å²) in [6.07, 6.45) is -0.537. The lowest BCUT2D eigenvalue weighted by Crippen LogP contribution is -2.40. The fraction of sp³-hybridized carbons (Fsp3) is 0.333. The second-order valence-corrected chi connectivity index (χ2v) is 3.86. The molecule has 1 aromatic rings. The number of alkyl carbamates (subject to hydrolysis) is 1. The van der Waals surface area contributed by atoms with Crippen LogP contribution in [-0.4, -0.2) is 17.8 Å². The Morgan fingerprint density at radius 1 is 1.41 bits per heavy atom. The molecule has 0 saturated carbocycles. The van der Waals surface area contributed by atoms with Crippen molar-refractivity contribution in [3.05, 3.63) is 35.9 Å². The molecule has 0 spiro atoms. The molecule has 1 amide bonds. The standard InChI is InChI=1S/C12H16N2O2S/c1-3-16-12(15)14-11(17)13-9(2)10-7-5-4-6-8-10/h4-9H,3H2,1-2H3,(H2,13,14,15,17). The van der Waals surface area contributed by atoms with E-state index in [0.29, 0.717) is 6.61 Å². The van der Waals surface area contributed by atoms with E-state index in [1.807, 2.05) is 37.3 Å². The third kappa shape index (κ3) is 4.82. The normalized spacial score (nSPS) is 11.4. The first-order valence-electron chi connectivity index (χ1n) is 5.42. The Hall–Kier alpha value is -1.62. The van der Waals surface area contributed by atoms with Gasteiger partial charge in [0.1, 0.15) is 0 Å². The van der Waals surface area contributed by atoms with Gasteiger partial charge in [-0.05, 0) is 31.6 Å². The number of amides is 1. The molecule has 0 aliphatic rings. The minimum atomic E-state index is -0.537. The number of thiocarbonyl (C=S) groups is 1. The zero-order valence-corrected chi connectivity index (χ0v) is 10.7. The number of hydrogen-bond donors (Lipinski definition) is 2. The van der Waals surface area contributed by atoms with E-state index in [0.717, 1.165) is 5.56 Å². The highest BCUT2D eigenvalue weighted by Gasteiger charge is 2.08. The molecule has 0 heterocycles. The molecule has 0 radical (unpaired) electrons. The molecule has 0 saturated heterocycles. The molecule has 2 N–H and O–H groups in total. The summed E-state index contributed by atoms with van der Waals surface area (Å²) in [5, 5.41) is 5.71. The van der Waals surface area contributed by atoms with Crippen molar-refractivity contribution >= 4 is 23.4 Å².